The predicted molar refractivity (Wildman–Crippen MR) is 117 cm³/mol. The van der Waals surface area contributed by atoms with E-state index in [9.17, 15) is 29.4 Å². The van der Waals surface area contributed by atoms with Gasteiger partial charge < -0.3 is 42.9 Å². The quantitative estimate of drug-likeness (QED) is 0.115. The number of carboxylic acid groups (broad SMARTS) is 1. The van der Waals surface area contributed by atoms with Crippen LogP contribution in [0.3, 0.4) is 0 Å². The number of aliphatic hydroxyl groups is 1. The van der Waals surface area contributed by atoms with Crippen molar-refractivity contribution in [2.45, 2.75) is 75.5 Å². The number of nitrogens with two attached hydrogens (primary N) is 2. The number of aliphatic carboxylic acids is 1. The number of unbranched alkanes of at least 4 members (excludes halogenated alkanes) is 2. The smallest absolute Gasteiger partial charge is 0.326 e. The Kier molecular flexibility index (Phi) is 13.5. The molecule has 12 nitrogen and oxygen atoms in total. The molecule has 1 heterocycles. The first kappa shape index (κ1) is 27.8. The van der Waals surface area contributed by atoms with E-state index in [1.807, 2.05) is 0 Å². The van der Waals surface area contributed by atoms with Gasteiger partial charge in [-0.1, -0.05) is 0 Å². The lowest BCUT2D eigenvalue weighted by atomic mass is 10.1. The monoisotopic (exact) mass is 458 g/mol. The van der Waals surface area contributed by atoms with Gasteiger partial charge in [0.2, 0.25) is 17.7 Å². The standard InChI is InChI=1S/C20H38N6O6/c21-9-3-1-6-14(24-17(28)13-8-5-11-23-13)18(29)26-16(12-27)19(30)25-15(20(31)32)7-2-4-10-22/h13-16,23,27H,1-12,21-22H2,(H,24,28)(H,25,30)(H,26,29)(H,31,32). The van der Waals surface area contributed by atoms with Gasteiger partial charge in [0.25, 0.3) is 0 Å². The second kappa shape index (κ2) is 15.5. The molecular formula is C20H38N6O6. The lowest BCUT2D eigenvalue weighted by molar-refractivity contribution is -0.142. The average Bonchev–Trinajstić information content (AvgIpc) is 3.31. The number of hydrogen-bond acceptors (Lipinski definition) is 8. The predicted octanol–water partition coefficient (Wildman–Crippen LogP) is -2.47. The first-order valence-electron chi connectivity index (χ1n) is 11.2. The van der Waals surface area contributed by atoms with Crippen molar-refractivity contribution >= 4 is 23.7 Å². The highest BCUT2D eigenvalue weighted by Crippen LogP contribution is 2.08. The van der Waals surface area contributed by atoms with Gasteiger partial charge in [-0.25, -0.2) is 4.79 Å². The summed E-state index contributed by atoms with van der Waals surface area (Å²) >= 11 is 0. The second-order valence-corrected chi connectivity index (χ2v) is 7.92. The van der Waals surface area contributed by atoms with Crippen molar-refractivity contribution in [2.24, 2.45) is 11.5 Å². The van der Waals surface area contributed by atoms with Gasteiger partial charge in [-0.2, -0.15) is 0 Å². The van der Waals surface area contributed by atoms with Gasteiger partial charge in [0, 0.05) is 0 Å². The fourth-order valence-electron chi connectivity index (χ4n) is 3.43. The fraction of sp³-hybridized carbons (Fsp3) is 0.800. The van der Waals surface area contributed by atoms with Gasteiger partial charge in [0.05, 0.1) is 12.6 Å². The molecule has 1 rings (SSSR count). The maximum absolute atomic E-state index is 12.8. The molecule has 1 saturated heterocycles. The fourth-order valence-corrected chi connectivity index (χ4v) is 3.43. The van der Waals surface area contributed by atoms with Gasteiger partial charge in [-0.05, 0) is 71.0 Å². The summed E-state index contributed by atoms with van der Waals surface area (Å²) < 4.78 is 0. The van der Waals surface area contributed by atoms with E-state index in [1.165, 1.54) is 0 Å². The van der Waals surface area contributed by atoms with E-state index < -0.39 is 42.5 Å². The molecule has 10 N–H and O–H groups in total. The third-order valence-corrected chi connectivity index (χ3v) is 5.33. The van der Waals surface area contributed by atoms with E-state index in [2.05, 4.69) is 21.3 Å². The number of rotatable bonds is 16. The molecule has 0 aromatic heterocycles. The largest absolute Gasteiger partial charge is 0.480 e. The molecule has 0 radical (unpaired) electrons. The van der Waals surface area contributed by atoms with Crippen LogP contribution < -0.4 is 32.7 Å². The number of carbonyl (C=O) groups is 4. The average molecular weight is 459 g/mol. The Bertz CT molecular complexity index is 613. The minimum absolute atomic E-state index is 0.177. The molecule has 0 aromatic rings. The van der Waals surface area contributed by atoms with Crippen LogP contribution in [0.5, 0.6) is 0 Å². The molecule has 4 atom stereocenters. The number of carboxylic acids is 1. The van der Waals surface area contributed by atoms with Crippen LogP contribution in [0.15, 0.2) is 0 Å². The maximum atomic E-state index is 12.8. The molecule has 1 aliphatic heterocycles. The highest BCUT2D eigenvalue weighted by atomic mass is 16.4. The first-order valence-corrected chi connectivity index (χ1v) is 11.2. The highest BCUT2D eigenvalue weighted by Gasteiger charge is 2.30. The van der Waals surface area contributed by atoms with E-state index in [0.717, 1.165) is 13.0 Å². The number of hydrogen-bond donors (Lipinski definition) is 8. The summed E-state index contributed by atoms with van der Waals surface area (Å²) in [5.74, 6) is -2.95. The summed E-state index contributed by atoms with van der Waals surface area (Å²) in [4.78, 5) is 49.1. The summed E-state index contributed by atoms with van der Waals surface area (Å²) in [6.07, 6.45) is 4.40. The topological polar surface area (TPSA) is 209 Å². The minimum atomic E-state index is -1.35. The van der Waals surface area contributed by atoms with Crippen molar-refractivity contribution in [3.05, 3.63) is 0 Å². The van der Waals surface area contributed by atoms with Gasteiger partial charge >= 0.3 is 5.97 Å². The Morgan fingerprint density at radius 1 is 0.875 bits per heavy atom. The first-order chi connectivity index (χ1) is 15.3. The van der Waals surface area contributed by atoms with Crippen LogP contribution >= 0.6 is 0 Å². The van der Waals surface area contributed by atoms with E-state index in [1.54, 1.807) is 0 Å². The van der Waals surface area contributed by atoms with Crippen molar-refractivity contribution in [1.82, 2.24) is 21.3 Å². The van der Waals surface area contributed by atoms with E-state index in [-0.39, 0.29) is 18.4 Å². The van der Waals surface area contributed by atoms with Crippen LogP contribution in [0.4, 0.5) is 0 Å². The third-order valence-electron chi connectivity index (χ3n) is 5.33. The summed E-state index contributed by atoms with van der Waals surface area (Å²) in [5.41, 5.74) is 10.9. The van der Waals surface area contributed by atoms with E-state index in [0.29, 0.717) is 51.6 Å². The summed E-state index contributed by atoms with van der Waals surface area (Å²) in [7, 11) is 0. The third kappa shape index (κ3) is 9.90. The number of carbonyl (C=O) groups excluding carboxylic acids is 3. The van der Waals surface area contributed by atoms with E-state index >= 15 is 0 Å². The van der Waals surface area contributed by atoms with Crippen LogP contribution in [-0.2, 0) is 19.2 Å². The normalized spacial score (nSPS) is 18.4. The van der Waals surface area contributed by atoms with Crippen LogP contribution in [0.1, 0.15) is 51.4 Å². The molecule has 12 heteroatoms. The minimum Gasteiger partial charge on any atom is -0.480 e. The summed E-state index contributed by atoms with van der Waals surface area (Å²) in [6, 6.07) is -3.79. The molecule has 3 amide bonds. The van der Waals surface area contributed by atoms with Crippen molar-refractivity contribution in [3.8, 4) is 0 Å². The van der Waals surface area contributed by atoms with E-state index in [4.69, 9.17) is 11.5 Å². The molecule has 1 fully saturated rings. The molecule has 1 aliphatic rings. The van der Waals surface area contributed by atoms with Crippen LogP contribution in [0, 0.1) is 0 Å². The SMILES string of the molecule is NCCCCC(NC(=O)C(CO)NC(=O)C(CCCCN)NC(=O)C1CCCN1)C(=O)O. The highest BCUT2D eigenvalue weighted by molar-refractivity contribution is 5.94. The number of amides is 3. The van der Waals surface area contributed by atoms with Gasteiger partial charge in [-0.3, -0.25) is 14.4 Å². The Hall–Kier alpha value is -2.28. The van der Waals surface area contributed by atoms with Crippen molar-refractivity contribution in [1.29, 1.82) is 0 Å². The molecule has 0 saturated carbocycles. The zero-order chi connectivity index (χ0) is 23.9. The molecule has 0 spiro atoms. The lowest BCUT2D eigenvalue weighted by Gasteiger charge is -2.24. The Morgan fingerprint density at radius 2 is 1.44 bits per heavy atom. The van der Waals surface area contributed by atoms with Crippen molar-refractivity contribution in [2.75, 3.05) is 26.2 Å². The molecular weight excluding hydrogens is 420 g/mol. The van der Waals surface area contributed by atoms with Gasteiger partial charge in [0.15, 0.2) is 0 Å². The zero-order valence-corrected chi connectivity index (χ0v) is 18.5. The Balaban J connectivity index is 2.74. The molecule has 4 unspecified atom stereocenters. The second-order valence-electron chi connectivity index (χ2n) is 7.92. The Labute approximate surface area is 188 Å². The van der Waals surface area contributed by atoms with Crippen molar-refractivity contribution < 1.29 is 29.4 Å². The van der Waals surface area contributed by atoms with Crippen molar-refractivity contribution in [3.63, 3.8) is 0 Å². The summed E-state index contributed by atoms with van der Waals surface area (Å²) in [5, 5.41) is 29.4. The zero-order valence-electron chi connectivity index (χ0n) is 18.5. The molecule has 184 valence electrons. The summed E-state index contributed by atoms with van der Waals surface area (Å²) in [6.45, 7) is 0.851. The molecule has 0 aromatic carbocycles. The van der Waals surface area contributed by atoms with Crippen LogP contribution in [-0.4, -0.2) is 84.3 Å². The lowest BCUT2D eigenvalue weighted by Crippen LogP contribution is -2.58. The van der Waals surface area contributed by atoms with Gasteiger partial charge in [0.1, 0.15) is 18.1 Å². The number of nitrogens with one attached hydrogen (secondary N) is 4. The molecule has 32 heavy (non-hydrogen) atoms. The Morgan fingerprint density at radius 3 is 1.94 bits per heavy atom. The van der Waals surface area contributed by atoms with Crippen LogP contribution in [0.25, 0.3) is 0 Å². The molecule has 0 bridgehead atoms. The maximum Gasteiger partial charge on any atom is 0.326 e. The van der Waals surface area contributed by atoms with Crippen LogP contribution in [0.2, 0.25) is 0 Å². The number of aliphatic hydroxyl groups excluding tert-OH is 1. The molecule has 0 aliphatic carbocycles. The van der Waals surface area contributed by atoms with Gasteiger partial charge in [-0.15, -0.1) is 0 Å².